The van der Waals surface area contributed by atoms with Gasteiger partial charge in [-0.1, -0.05) is 43.0 Å². The summed E-state index contributed by atoms with van der Waals surface area (Å²) in [6.07, 6.45) is 6.37. The lowest BCUT2D eigenvalue weighted by Gasteiger charge is -2.41. The van der Waals surface area contributed by atoms with E-state index in [1.807, 2.05) is 23.1 Å². The Hall–Kier alpha value is -1.95. The Balaban J connectivity index is 1.41. The molecule has 2 heterocycles. The Morgan fingerprint density at radius 1 is 1.16 bits per heavy atom. The Labute approximate surface area is 152 Å². The van der Waals surface area contributed by atoms with E-state index >= 15 is 0 Å². The van der Waals surface area contributed by atoms with Gasteiger partial charge in [0.25, 0.3) is 0 Å². The van der Waals surface area contributed by atoms with Crippen LogP contribution in [0.3, 0.4) is 0 Å². The van der Waals surface area contributed by atoms with E-state index in [0.717, 1.165) is 31.0 Å². The smallest absolute Gasteiger partial charge is 0.246 e. The van der Waals surface area contributed by atoms with Crippen molar-refractivity contribution in [1.29, 1.82) is 0 Å². The average Bonchev–Trinajstić information content (AvgIpc) is 3.10. The van der Waals surface area contributed by atoms with Crippen LogP contribution in [-0.4, -0.2) is 44.1 Å². The number of rotatable bonds is 3. The highest BCUT2D eigenvalue weighted by Gasteiger charge is 2.33. The highest BCUT2D eigenvalue weighted by atomic mass is 35.5. The van der Waals surface area contributed by atoms with Crippen molar-refractivity contribution < 1.29 is 4.79 Å². The van der Waals surface area contributed by atoms with E-state index in [-0.39, 0.29) is 12.5 Å². The molecular formula is C18H22ClN5O. The minimum Gasteiger partial charge on any atom is -0.341 e. The van der Waals surface area contributed by atoms with Crippen molar-refractivity contribution >= 4 is 17.5 Å². The van der Waals surface area contributed by atoms with Crippen molar-refractivity contribution in [2.24, 2.45) is 11.8 Å². The van der Waals surface area contributed by atoms with Crippen molar-refractivity contribution in [2.45, 2.75) is 38.6 Å². The second kappa shape index (κ2) is 7.12. The van der Waals surface area contributed by atoms with Gasteiger partial charge in [-0.05, 0) is 42.0 Å². The lowest BCUT2D eigenvalue weighted by Crippen LogP contribution is -2.46. The summed E-state index contributed by atoms with van der Waals surface area (Å²) in [4.78, 5) is 16.0. The van der Waals surface area contributed by atoms with Gasteiger partial charge >= 0.3 is 0 Å². The molecule has 132 valence electrons. The lowest BCUT2D eigenvalue weighted by atomic mass is 9.75. The summed E-state index contributed by atoms with van der Waals surface area (Å²) >= 11 is 6.17. The van der Waals surface area contributed by atoms with Crippen LogP contribution in [0.5, 0.6) is 0 Å². The molecule has 1 aromatic carbocycles. The van der Waals surface area contributed by atoms with E-state index in [2.05, 4.69) is 15.4 Å². The van der Waals surface area contributed by atoms with E-state index in [4.69, 9.17) is 11.6 Å². The molecule has 2 atom stereocenters. The van der Waals surface area contributed by atoms with E-state index in [9.17, 15) is 4.79 Å². The third kappa shape index (κ3) is 3.54. The fourth-order valence-electron chi connectivity index (χ4n) is 4.11. The summed E-state index contributed by atoms with van der Waals surface area (Å²) in [5.74, 6) is 2.01. The first kappa shape index (κ1) is 16.5. The summed E-state index contributed by atoms with van der Waals surface area (Å²) in [5.41, 5.74) is 0.728. The quantitative estimate of drug-likeness (QED) is 0.845. The molecule has 2 aromatic rings. The van der Waals surface area contributed by atoms with Gasteiger partial charge in [0.15, 0.2) is 0 Å². The number of hydrogen-bond acceptors (Lipinski definition) is 4. The number of carbonyl (C=O) groups is 1. The Morgan fingerprint density at radius 2 is 1.96 bits per heavy atom. The zero-order valence-electron chi connectivity index (χ0n) is 14.1. The van der Waals surface area contributed by atoms with Gasteiger partial charge in [0.1, 0.15) is 6.54 Å². The van der Waals surface area contributed by atoms with Crippen molar-refractivity contribution in [3.63, 3.8) is 0 Å². The first-order valence-corrected chi connectivity index (χ1v) is 9.39. The van der Waals surface area contributed by atoms with Gasteiger partial charge < -0.3 is 4.90 Å². The highest BCUT2D eigenvalue weighted by Crippen LogP contribution is 2.36. The number of tetrazole rings is 1. The monoisotopic (exact) mass is 359 g/mol. The van der Waals surface area contributed by atoms with E-state index in [0.29, 0.717) is 16.8 Å². The van der Waals surface area contributed by atoms with Gasteiger partial charge in [0.2, 0.25) is 11.7 Å². The minimum absolute atomic E-state index is 0.0760. The van der Waals surface area contributed by atoms with Crippen molar-refractivity contribution in [3.8, 4) is 11.4 Å². The lowest BCUT2D eigenvalue weighted by molar-refractivity contribution is -0.135. The molecule has 0 radical (unpaired) electrons. The number of nitrogens with zero attached hydrogens (tertiary/aromatic N) is 5. The summed E-state index contributed by atoms with van der Waals surface area (Å²) in [7, 11) is 0. The highest BCUT2D eigenvalue weighted by molar-refractivity contribution is 6.33. The van der Waals surface area contributed by atoms with Gasteiger partial charge in [-0.25, -0.2) is 0 Å². The summed E-state index contributed by atoms with van der Waals surface area (Å²) in [6.45, 7) is 1.87. The molecule has 1 amide bonds. The SMILES string of the molecule is O=C(Cn1nnc(-c2ccccc2Cl)n1)N1CC[C@H]2CCCC[C@@H]2C1. The van der Waals surface area contributed by atoms with Crippen LogP contribution >= 0.6 is 11.6 Å². The number of likely N-dealkylation sites (tertiary alicyclic amines) is 1. The molecule has 0 N–H and O–H groups in total. The molecule has 25 heavy (non-hydrogen) atoms. The maximum atomic E-state index is 12.6. The van der Waals surface area contributed by atoms with Gasteiger partial charge in [-0.2, -0.15) is 4.80 Å². The van der Waals surface area contributed by atoms with Crippen molar-refractivity contribution in [3.05, 3.63) is 29.3 Å². The van der Waals surface area contributed by atoms with Crippen LogP contribution in [-0.2, 0) is 11.3 Å². The van der Waals surface area contributed by atoms with Crippen LogP contribution < -0.4 is 0 Å². The number of piperidine rings is 1. The zero-order chi connectivity index (χ0) is 17.2. The van der Waals surface area contributed by atoms with Crippen molar-refractivity contribution in [2.75, 3.05) is 13.1 Å². The maximum Gasteiger partial charge on any atom is 0.246 e. The summed E-state index contributed by atoms with van der Waals surface area (Å²) < 4.78 is 0. The van der Waals surface area contributed by atoms with Crippen LogP contribution in [0.4, 0.5) is 0 Å². The fourth-order valence-corrected chi connectivity index (χ4v) is 4.33. The number of halogens is 1. The van der Waals surface area contributed by atoms with E-state index in [1.54, 1.807) is 6.07 Å². The van der Waals surface area contributed by atoms with Crippen LogP contribution in [0, 0.1) is 11.8 Å². The molecule has 1 saturated carbocycles. The molecule has 4 rings (SSSR count). The van der Waals surface area contributed by atoms with E-state index < -0.39 is 0 Å². The van der Waals surface area contributed by atoms with Crippen LogP contribution in [0.1, 0.15) is 32.1 Å². The second-order valence-corrected chi connectivity index (χ2v) is 7.46. The van der Waals surface area contributed by atoms with Crippen molar-refractivity contribution in [1.82, 2.24) is 25.1 Å². The van der Waals surface area contributed by atoms with Gasteiger partial charge in [0, 0.05) is 18.7 Å². The standard InChI is InChI=1S/C18H22ClN5O/c19-16-8-4-3-7-15(16)18-20-22-24(21-18)12-17(25)23-10-9-13-5-1-2-6-14(13)11-23/h3-4,7-8,13-14H,1-2,5-6,9-12H2/t13-,14-/m1/s1. The zero-order valence-corrected chi connectivity index (χ0v) is 14.9. The summed E-state index contributed by atoms with van der Waals surface area (Å²) in [5, 5.41) is 13.0. The molecule has 2 fully saturated rings. The number of hydrogen-bond donors (Lipinski definition) is 0. The molecule has 6 nitrogen and oxygen atoms in total. The molecule has 2 aliphatic rings. The largest absolute Gasteiger partial charge is 0.341 e. The maximum absolute atomic E-state index is 12.6. The average molecular weight is 360 g/mol. The fraction of sp³-hybridized carbons (Fsp3) is 0.556. The molecule has 0 unspecified atom stereocenters. The second-order valence-electron chi connectivity index (χ2n) is 7.06. The number of fused-ring (bicyclic) bond motifs is 1. The third-order valence-electron chi connectivity index (χ3n) is 5.49. The third-order valence-corrected chi connectivity index (χ3v) is 5.82. The number of aromatic nitrogens is 4. The molecular weight excluding hydrogens is 338 g/mol. The first-order chi connectivity index (χ1) is 12.2. The molecule has 1 saturated heterocycles. The predicted molar refractivity (Wildman–Crippen MR) is 94.9 cm³/mol. The van der Waals surface area contributed by atoms with Gasteiger partial charge in [0.05, 0.1) is 5.02 Å². The van der Waals surface area contributed by atoms with Gasteiger partial charge in [-0.3, -0.25) is 4.79 Å². The molecule has 1 aliphatic carbocycles. The van der Waals surface area contributed by atoms with E-state index in [1.165, 1.54) is 30.5 Å². The van der Waals surface area contributed by atoms with Crippen LogP contribution in [0.2, 0.25) is 5.02 Å². The predicted octanol–water partition coefficient (Wildman–Crippen LogP) is 3.03. The van der Waals surface area contributed by atoms with Crippen LogP contribution in [0.25, 0.3) is 11.4 Å². The molecule has 0 bridgehead atoms. The molecule has 1 aromatic heterocycles. The van der Waals surface area contributed by atoms with Crippen LogP contribution in [0.15, 0.2) is 24.3 Å². The molecule has 7 heteroatoms. The normalized spacial score (nSPS) is 23.3. The minimum atomic E-state index is 0.0760. The molecule has 0 spiro atoms. The summed E-state index contributed by atoms with van der Waals surface area (Å²) in [6, 6.07) is 7.37. The Morgan fingerprint density at radius 3 is 2.80 bits per heavy atom. The number of amides is 1. The molecule has 1 aliphatic heterocycles. The Kier molecular flexibility index (Phi) is 4.70. The first-order valence-electron chi connectivity index (χ1n) is 9.01. The topological polar surface area (TPSA) is 63.9 Å². The Bertz CT molecular complexity index is 761. The number of benzene rings is 1. The van der Waals surface area contributed by atoms with Gasteiger partial charge in [-0.15, -0.1) is 10.2 Å². The number of carbonyl (C=O) groups excluding carboxylic acids is 1.